The third-order valence-electron chi connectivity index (χ3n) is 0.607. The molecule has 1 aromatic rings. The molecule has 98 valence electrons. The molecule has 0 radical (unpaired) electrons. The van der Waals surface area contributed by atoms with Crippen molar-refractivity contribution in [2.45, 2.75) is 20.8 Å². The summed E-state index contributed by atoms with van der Waals surface area (Å²) < 4.78 is 0. The Morgan fingerprint density at radius 2 is 1.00 bits per heavy atom. The fourth-order valence-electron chi connectivity index (χ4n) is 0.342. The van der Waals surface area contributed by atoms with E-state index in [9.17, 15) is 0 Å². The monoisotopic (exact) mass is 236 g/mol. The van der Waals surface area contributed by atoms with Gasteiger partial charge in [0.15, 0.2) is 12.4 Å². The van der Waals surface area contributed by atoms with Crippen molar-refractivity contribution in [1.82, 2.24) is 6.15 Å². The normalized spacial score (nSPS) is 6.38. The summed E-state index contributed by atoms with van der Waals surface area (Å²) in [7, 11) is 0. The van der Waals surface area contributed by atoms with E-state index < -0.39 is 0 Å². The minimum Gasteiger partial charge on any atom is -0.397 e. The average Bonchev–Trinajstić information content (AvgIpc) is 2.24. The maximum Gasteiger partial charge on any atom is 0.166 e. The van der Waals surface area contributed by atoms with Gasteiger partial charge in [0.25, 0.3) is 0 Å². The molecule has 0 bridgehead atoms. The largest absolute Gasteiger partial charge is 0.397 e. The number of aromatic amines is 1. The van der Waals surface area contributed by atoms with E-state index >= 15 is 0 Å². The van der Waals surface area contributed by atoms with Crippen molar-refractivity contribution in [1.29, 1.82) is 0 Å². The molecule has 0 aliphatic heterocycles. The maximum atomic E-state index is 7.57. The molecule has 1 rings (SSSR count). The fourth-order valence-corrected chi connectivity index (χ4v) is 0.342. The first-order valence-corrected chi connectivity index (χ1v) is 4.98. The molecule has 1 heterocycles. The summed E-state index contributed by atoms with van der Waals surface area (Å²) in [4.78, 5) is 2.89. The lowest BCUT2D eigenvalue weighted by molar-refractivity contribution is -0.377. The summed E-state index contributed by atoms with van der Waals surface area (Å²) in [6, 6.07) is 5.86. The number of nitrogens with one attached hydrogen (secondary N) is 1. The molecule has 8 N–H and O–H groups in total. The topological polar surface area (TPSA) is 111 Å². The van der Waals surface area contributed by atoms with E-state index in [1.807, 2.05) is 30.6 Å². The number of rotatable bonds is 0. The van der Waals surface area contributed by atoms with E-state index in [-0.39, 0.29) is 26.0 Å². The van der Waals surface area contributed by atoms with Crippen LogP contribution in [0.25, 0.3) is 0 Å². The van der Waals surface area contributed by atoms with Crippen molar-refractivity contribution >= 4 is 0 Å². The number of aliphatic hydroxyl groups is 3. The van der Waals surface area contributed by atoms with Crippen molar-refractivity contribution in [3.8, 4) is 0 Å². The van der Waals surface area contributed by atoms with Crippen LogP contribution in [0.4, 0.5) is 0 Å². The van der Waals surface area contributed by atoms with Crippen LogP contribution in [0.2, 0.25) is 0 Å². The van der Waals surface area contributed by atoms with Gasteiger partial charge in [-0.1, -0.05) is 6.07 Å². The zero-order valence-corrected chi connectivity index (χ0v) is 10.8. The molecule has 0 saturated carbocycles. The molecule has 0 spiro atoms. The zero-order chi connectivity index (χ0) is 12.4. The predicted molar refractivity (Wildman–Crippen MR) is 67.3 cm³/mol. The number of H-pyrrole nitrogens is 1. The lowest BCUT2D eigenvalue weighted by Crippen LogP contribution is -1.93. The van der Waals surface area contributed by atoms with Gasteiger partial charge in [0.2, 0.25) is 0 Å². The van der Waals surface area contributed by atoms with E-state index in [0.29, 0.717) is 0 Å². The second-order valence-corrected chi connectivity index (χ2v) is 2.03. The van der Waals surface area contributed by atoms with E-state index in [1.54, 1.807) is 20.8 Å². The van der Waals surface area contributed by atoms with Crippen molar-refractivity contribution in [3.63, 3.8) is 0 Å². The Labute approximate surface area is 98.4 Å². The van der Waals surface area contributed by atoms with Crippen LogP contribution in [-0.4, -0.2) is 35.1 Å². The van der Waals surface area contributed by atoms with Crippen molar-refractivity contribution in [2.24, 2.45) is 0 Å². The number of hydrogen-bond donors (Lipinski definition) is 4. The average molecular weight is 236 g/mol. The molecule has 1 aromatic heterocycles. The smallest absolute Gasteiger partial charge is 0.166 e. The van der Waals surface area contributed by atoms with Gasteiger partial charge in [0.05, 0.1) is 0 Å². The molecule has 0 aromatic carbocycles. The summed E-state index contributed by atoms with van der Waals surface area (Å²) in [5.41, 5.74) is 0. The van der Waals surface area contributed by atoms with Gasteiger partial charge in [-0.15, -0.1) is 0 Å². The van der Waals surface area contributed by atoms with Gasteiger partial charge in [-0.2, -0.15) is 0 Å². The second-order valence-electron chi connectivity index (χ2n) is 2.03. The third kappa shape index (κ3) is 75.0. The molecular formula is C11H28N2O3+2. The molecule has 16 heavy (non-hydrogen) atoms. The zero-order valence-electron chi connectivity index (χ0n) is 10.8. The summed E-state index contributed by atoms with van der Waals surface area (Å²) in [6.07, 6.45) is 3.75. The highest BCUT2D eigenvalue weighted by Gasteiger charge is 1.65. The highest BCUT2D eigenvalue weighted by molar-refractivity contribution is 4.82. The van der Waals surface area contributed by atoms with Gasteiger partial charge in [0, 0.05) is 32.0 Å². The Kier molecular flexibility index (Phi) is 56.1. The van der Waals surface area contributed by atoms with Gasteiger partial charge in [-0.3, -0.25) is 0 Å². The Morgan fingerprint density at radius 1 is 0.750 bits per heavy atom. The number of quaternary nitrogens is 1. The van der Waals surface area contributed by atoms with Crippen molar-refractivity contribution < 1.29 is 20.3 Å². The molecule has 0 saturated heterocycles. The van der Waals surface area contributed by atoms with Crippen LogP contribution in [0, 0.1) is 0 Å². The molecular weight excluding hydrogens is 208 g/mol. The standard InChI is InChI=1S/C5H5N.3C2H6O.H3N/c1-2-4-6-5-3-1;3*1-2-3;/h1-5H;3*3H,2H2,1H3;1H3/p+2. The summed E-state index contributed by atoms with van der Waals surface area (Å²) in [5.74, 6) is 0. The quantitative estimate of drug-likeness (QED) is 0.536. The first-order valence-electron chi connectivity index (χ1n) is 4.98. The lowest BCUT2D eigenvalue weighted by atomic mass is 10.5. The molecule has 5 heteroatoms. The van der Waals surface area contributed by atoms with E-state index in [0.717, 1.165) is 0 Å². The van der Waals surface area contributed by atoms with Crippen LogP contribution in [0.1, 0.15) is 20.8 Å². The van der Waals surface area contributed by atoms with Crippen LogP contribution in [0.5, 0.6) is 0 Å². The van der Waals surface area contributed by atoms with Crippen molar-refractivity contribution in [3.05, 3.63) is 30.6 Å². The summed E-state index contributed by atoms with van der Waals surface area (Å²) >= 11 is 0. The van der Waals surface area contributed by atoms with E-state index in [4.69, 9.17) is 15.3 Å². The van der Waals surface area contributed by atoms with E-state index in [1.165, 1.54) is 0 Å². The number of pyridine rings is 1. The minimum absolute atomic E-state index is 0. The first kappa shape index (κ1) is 24.3. The molecule has 0 amide bonds. The summed E-state index contributed by atoms with van der Waals surface area (Å²) in [6.45, 7) is 5.79. The second kappa shape index (κ2) is 37.0. The van der Waals surface area contributed by atoms with Crippen LogP contribution in [-0.2, 0) is 0 Å². The maximum absolute atomic E-state index is 7.57. The van der Waals surface area contributed by atoms with Gasteiger partial charge in [0.1, 0.15) is 0 Å². The highest BCUT2D eigenvalue weighted by atomic mass is 16.3. The minimum atomic E-state index is 0. The summed E-state index contributed by atoms with van der Waals surface area (Å²) in [5, 5.41) is 22.7. The van der Waals surface area contributed by atoms with Gasteiger partial charge < -0.3 is 21.5 Å². The Morgan fingerprint density at radius 3 is 1.06 bits per heavy atom. The Bertz CT molecular complexity index is 120. The first-order chi connectivity index (χ1) is 7.24. The number of aliphatic hydroxyl groups excluding tert-OH is 3. The molecule has 5 nitrogen and oxygen atoms in total. The SMILES string of the molecule is CCO.CCO.CCO.[NH4+].c1cc[nH+]cc1. The molecule has 0 aliphatic carbocycles. The predicted octanol–water partition coefficient (Wildman–Crippen LogP) is 0.873. The van der Waals surface area contributed by atoms with Gasteiger partial charge in [-0.05, 0) is 20.8 Å². The molecule has 0 fully saturated rings. The third-order valence-corrected chi connectivity index (χ3v) is 0.607. The van der Waals surface area contributed by atoms with Crippen molar-refractivity contribution in [2.75, 3.05) is 19.8 Å². The number of hydrogen-bond acceptors (Lipinski definition) is 3. The van der Waals surface area contributed by atoms with Gasteiger partial charge in [-0.25, -0.2) is 4.98 Å². The molecule has 0 unspecified atom stereocenters. The fraction of sp³-hybridized carbons (Fsp3) is 0.545. The van der Waals surface area contributed by atoms with Crippen LogP contribution in [0.3, 0.4) is 0 Å². The van der Waals surface area contributed by atoms with E-state index in [2.05, 4.69) is 4.98 Å². The Hall–Kier alpha value is -1.01. The Balaban J connectivity index is -0.0000000637. The lowest BCUT2D eigenvalue weighted by Gasteiger charge is -1.63. The molecule has 0 atom stereocenters. The number of aromatic nitrogens is 1. The van der Waals surface area contributed by atoms with Gasteiger partial charge >= 0.3 is 0 Å². The molecule has 0 aliphatic rings. The van der Waals surface area contributed by atoms with Crippen LogP contribution in [0.15, 0.2) is 30.6 Å². The highest BCUT2D eigenvalue weighted by Crippen LogP contribution is 1.68. The van der Waals surface area contributed by atoms with Crippen LogP contribution < -0.4 is 11.1 Å². The van der Waals surface area contributed by atoms with Crippen LogP contribution >= 0.6 is 0 Å².